The maximum Gasteiger partial charge on any atom is 0.423 e. The number of nitrogens with zero attached hydrogens (tertiary/aromatic N) is 4. The van der Waals surface area contributed by atoms with Crippen LogP contribution in [-0.4, -0.2) is 84.1 Å². The number of carbonyl (C=O) groups excluding carboxylic acids is 3. The number of fused-ring (bicyclic) bond motifs is 1. The van der Waals surface area contributed by atoms with Crippen LogP contribution in [0.3, 0.4) is 0 Å². The number of carbonyl (C=O) groups is 3. The Hall–Kier alpha value is -4.76. The van der Waals surface area contributed by atoms with Gasteiger partial charge in [0.2, 0.25) is 11.8 Å². The molecule has 1 unspecified atom stereocenters. The van der Waals surface area contributed by atoms with Crippen molar-refractivity contribution in [2.75, 3.05) is 40.3 Å². The molecule has 0 saturated carbocycles. The van der Waals surface area contributed by atoms with Gasteiger partial charge in [0.1, 0.15) is 11.9 Å². The highest BCUT2D eigenvalue weighted by molar-refractivity contribution is 5.91. The zero-order valence-corrected chi connectivity index (χ0v) is 27.1. The van der Waals surface area contributed by atoms with E-state index in [0.717, 1.165) is 27.5 Å². The zero-order valence-electron chi connectivity index (χ0n) is 27.1. The van der Waals surface area contributed by atoms with E-state index in [1.807, 2.05) is 86.6 Å². The lowest BCUT2D eigenvalue weighted by Crippen LogP contribution is -2.61. The van der Waals surface area contributed by atoms with Gasteiger partial charge in [-0.2, -0.15) is 0 Å². The average Bonchev–Trinajstić information content (AvgIpc) is 3.09. The molecule has 1 aliphatic rings. The van der Waals surface area contributed by atoms with Crippen LogP contribution in [0.5, 0.6) is 0 Å². The first-order valence-corrected chi connectivity index (χ1v) is 15.7. The fraction of sp³-hybridized carbons (Fsp3) is 0.324. The van der Waals surface area contributed by atoms with Crippen molar-refractivity contribution in [2.45, 2.75) is 39.3 Å². The summed E-state index contributed by atoms with van der Waals surface area (Å²) in [5.74, 6) is -0.685. The summed E-state index contributed by atoms with van der Waals surface area (Å²) in [5, 5.41) is 5.03. The van der Waals surface area contributed by atoms with Crippen LogP contribution in [0.2, 0.25) is 0 Å². The van der Waals surface area contributed by atoms with Crippen LogP contribution in [0.25, 0.3) is 10.8 Å². The summed E-state index contributed by atoms with van der Waals surface area (Å²) >= 11 is 0. The highest BCUT2D eigenvalue weighted by Gasteiger charge is 2.38. The SMILES string of the molecule is CC.COC(=O)N(C)N(CC(=O)N1CCN(CCc2ccc(F)cc2)C(=O)C1Cc1cccc2ccccc12)Cc1ccccc1. The number of amides is 3. The standard InChI is InChI=1S/C35H37FN4O4.C2H6/c1-37(35(43)44-2)39(24-27-9-4-3-5-10-27)25-33(41)40-22-21-38(20-19-26-15-17-30(36)18-16-26)34(42)32(40)23-29-13-8-12-28-11-6-7-14-31(28)29;1-2/h3-18,32H,19-25H2,1-2H3;1-2H3. The summed E-state index contributed by atoms with van der Waals surface area (Å²) in [4.78, 5) is 44.1. The molecule has 0 aliphatic carbocycles. The molecule has 0 aromatic heterocycles. The number of hydrogen-bond acceptors (Lipinski definition) is 5. The minimum atomic E-state index is -0.725. The molecule has 4 aromatic rings. The molecule has 1 saturated heterocycles. The minimum Gasteiger partial charge on any atom is -0.452 e. The summed E-state index contributed by atoms with van der Waals surface area (Å²) in [6, 6.07) is 29.1. The van der Waals surface area contributed by atoms with E-state index in [1.165, 1.54) is 24.3 Å². The fourth-order valence-electron chi connectivity index (χ4n) is 5.71. The monoisotopic (exact) mass is 626 g/mol. The predicted octanol–water partition coefficient (Wildman–Crippen LogP) is 5.95. The Labute approximate surface area is 270 Å². The normalized spacial score (nSPS) is 14.6. The molecule has 0 N–H and O–H groups in total. The second-order valence-corrected chi connectivity index (χ2v) is 10.9. The molecule has 46 heavy (non-hydrogen) atoms. The number of hydrazine groups is 1. The third kappa shape index (κ3) is 8.48. The van der Waals surface area contributed by atoms with Crippen molar-refractivity contribution in [3.05, 3.63) is 120 Å². The first kappa shape index (κ1) is 34.1. The Morgan fingerprint density at radius 2 is 1.54 bits per heavy atom. The summed E-state index contributed by atoms with van der Waals surface area (Å²) in [5.41, 5.74) is 2.84. The molecule has 1 fully saturated rings. The molecule has 9 heteroatoms. The van der Waals surface area contributed by atoms with Crippen LogP contribution in [-0.2, 0) is 33.7 Å². The maximum absolute atomic E-state index is 14.1. The summed E-state index contributed by atoms with van der Waals surface area (Å²) in [6.45, 7) is 5.38. The molecule has 1 aliphatic heterocycles. The Bertz CT molecular complexity index is 1590. The van der Waals surface area contributed by atoms with Gasteiger partial charge in [-0.25, -0.2) is 19.2 Å². The van der Waals surface area contributed by atoms with Crippen LogP contribution in [0.15, 0.2) is 97.1 Å². The Morgan fingerprint density at radius 3 is 2.26 bits per heavy atom. The second kappa shape index (κ2) is 16.5. The van der Waals surface area contributed by atoms with Crippen molar-refractivity contribution in [1.82, 2.24) is 19.8 Å². The quantitative estimate of drug-likeness (QED) is 0.204. The smallest absolute Gasteiger partial charge is 0.423 e. The largest absolute Gasteiger partial charge is 0.452 e. The second-order valence-electron chi connectivity index (χ2n) is 10.9. The van der Waals surface area contributed by atoms with E-state index in [2.05, 4.69) is 0 Å². The molecule has 242 valence electrons. The lowest BCUT2D eigenvalue weighted by atomic mass is 9.96. The first-order chi connectivity index (χ1) is 22.3. The van der Waals surface area contributed by atoms with E-state index in [0.29, 0.717) is 39.0 Å². The number of halogens is 1. The van der Waals surface area contributed by atoms with Gasteiger partial charge in [-0.15, -0.1) is 0 Å². The molecule has 1 heterocycles. The van der Waals surface area contributed by atoms with E-state index in [1.54, 1.807) is 34.0 Å². The van der Waals surface area contributed by atoms with Gasteiger partial charge in [-0.3, -0.25) is 9.59 Å². The van der Waals surface area contributed by atoms with Gasteiger partial charge in [0.05, 0.1) is 13.7 Å². The van der Waals surface area contributed by atoms with Crippen LogP contribution >= 0.6 is 0 Å². The fourth-order valence-corrected chi connectivity index (χ4v) is 5.71. The molecule has 0 radical (unpaired) electrons. The van der Waals surface area contributed by atoms with Gasteiger partial charge in [-0.05, 0) is 46.0 Å². The molecule has 5 rings (SSSR count). The first-order valence-electron chi connectivity index (χ1n) is 15.7. The van der Waals surface area contributed by atoms with Crippen molar-refractivity contribution < 1.29 is 23.5 Å². The van der Waals surface area contributed by atoms with Crippen molar-refractivity contribution in [3.63, 3.8) is 0 Å². The third-order valence-corrected chi connectivity index (χ3v) is 8.17. The van der Waals surface area contributed by atoms with Gasteiger partial charge in [0, 0.05) is 39.6 Å². The van der Waals surface area contributed by atoms with E-state index in [-0.39, 0.29) is 24.2 Å². The minimum absolute atomic E-state index is 0.116. The van der Waals surface area contributed by atoms with Gasteiger partial charge < -0.3 is 14.5 Å². The number of methoxy groups -OCH3 is 1. The number of rotatable bonds is 10. The third-order valence-electron chi connectivity index (χ3n) is 8.17. The summed E-state index contributed by atoms with van der Waals surface area (Å²) in [7, 11) is 2.86. The highest BCUT2D eigenvalue weighted by Crippen LogP contribution is 2.24. The van der Waals surface area contributed by atoms with Crippen LogP contribution in [0.4, 0.5) is 9.18 Å². The van der Waals surface area contributed by atoms with Crippen LogP contribution in [0.1, 0.15) is 30.5 Å². The number of piperazine rings is 1. The summed E-state index contributed by atoms with van der Waals surface area (Å²) < 4.78 is 18.4. The maximum atomic E-state index is 14.1. The lowest BCUT2D eigenvalue weighted by molar-refractivity contribution is -0.154. The predicted molar refractivity (Wildman–Crippen MR) is 178 cm³/mol. The lowest BCUT2D eigenvalue weighted by Gasteiger charge is -2.42. The van der Waals surface area contributed by atoms with Crippen LogP contribution in [0, 0.1) is 5.82 Å². The van der Waals surface area contributed by atoms with Crippen molar-refractivity contribution >= 4 is 28.7 Å². The van der Waals surface area contributed by atoms with Gasteiger partial charge in [0.25, 0.3) is 0 Å². The van der Waals surface area contributed by atoms with Crippen molar-refractivity contribution in [3.8, 4) is 0 Å². The summed E-state index contributed by atoms with van der Waals surface area (Å²) in [6.07, 6.45) is 0.336. The average molecular weight is 627 g/mol. The van der Waals surface area contributed by atoms with Crippen LogP contribution < -0.4 is 0 Å². The van der Waals surface area contributed by atoms with E-state index in [4.69, 9.17) is 4.74 Å². The van der Waals surface area contributed by atoms with E-state index < -0.39 is 12.1 Å². The van der Waals surface area contributed by atoms with E-state index >= 15 is 0 Å². The molecular formula is C37H43FN4O4. The topological polar surface area (TPSA) is 73.4 Å². The van der Waals surface area contributed by atoms with E-state index in [9.17, 15) is 18.8 Å². The van der Waals surface area contributed by atoms with Gasteiger partial charge in [-0.1, -0.05) is 98.8 Å². The van der Waals surface area contributed by atoms with Gasteiger partial charge in [0.15, 0.2) is 0 Å². The number of ether oxygens (including phenoxy) is 1. The molecule has 3 amide bonds. The Kier molecular flexibility index (Phi) is 12.3. The number of benzene rings is 4. The zero-order chi connectivity index (χ0) is 33.1. The van der Waals surface area contributed by atoms with Crippen molar-refractivity contribution in [1.29, 1.82) is 0 Å². The molecule has 8 nitrogen and oxygen atoms in total. The molecule has 0 bridgehead atoms. The van der Waals surface area contributed by atoms with Crippen molar-refractivity contribution in [2.24, 2.45) is 0 Å². The molecule has 1 atom stereocenters. The highest BCUT2D eigenvalue weighted by atomic mass is 19.1. The Morgan fingerprint density at radius 1 is 0.870 bits per heavy atom. The number of hydrogen-bond donors (Lipinski definition) is 0. The Balaban J connectivity index is 0.00000235. The molecular weight excluding hydrogens is 583 g/mol. The molecule has 0 spiro atoms. The van der Waals surface area contributed by atoms with Gasteiger partial charge >= 0.3 is 6.09 Å². The molecule has 4 aromatic carbocycles.